The van der Waals surface area contributed by atoms with Crippen molar-refractivity contribution in [1.29, 1.82) is 5.26 Å². The molecule has 4 aliphatic rings. The van der Waals surface area contributed by atoms with Gasteiger partial charge in [-0.3, -0.25) is 15.0 Å². The fourth-order valence-corrected chi connectivity index (χ4v) is 9.04. The van der Waals surface area contributed by atoms with E-state index < -0.39 is 12.6 Å². The average molecular weight is 657 g/mol. The molecular weight excluding hydrogens is 621 g/mol. The van der Waals surface area contributed by atoms with Gasteiger partial charge in [0.1, 0.15) is 30.3 Å². The van der Waals surface area contributed by atoms with Gasteiger partial charge in [-0.15, -0.1) is 0 Å². The number of alkyl halides is 3. The quantitative estimate of drug-likeness (QED) is 0.258. The molecule has 0 radical (unpaired) electrons. The highest BCUT2D eigenvalue weighted by Crippen LogP contribution is 2.45. The van der Waals surface area contributed by atoms with Crippen LogP contribution in [0.1, 0.15) is 55.4 Å². The minimum Gasteiger partial charge on any atom is -0.461 e. The number of ether oxygens (including phenoxy) is 1. The highest BCUT2D eigenvalue weighted by Gasteiger charge is 2.49. The summed E-state index contributed by atoms with van der Waals surface area (Å²) in [6.45, 7) is 4.71. The molecule has 11 nitrogen and oxygen atoms in total. The first-order valence-corrected chi connectivity index (χ1v) is 16.6. The SMILES string of the molecule is Cc1cc2[nH]nc(C#N)c2c(-c2nccc3c4c(N5C[C@H]6CC[C@@H](C5)N6)nc(OC[C@@]56CCCN5C[C@H](F)C6)nc4n(C)c23)c1C(F)F. The largest absolute Gasteiger partial charge is 0.461 e. The van der Waals surface area contributed by atoms with Crippen molar-refractivity contribution in [2.45, 2.75) is 69.2 Å². The summed E-state index contributed by atoms with van der Waals surface area (Å²) >= 11 is 0. The second kappa shape index (κ2) is 10.8. The molecule has 4 atom stereocenters. The first kappa shape index (κ1) is 29.6. The Morgan fingerprint density at radius 1 is 1.17 bits per heavy atom. The molecule has 5 aromatic rings. The van der Waals surface area contributed by atoms with E-state index in [9.17, 15) is 18.4 Å². The van der Waals surface area contributed by atoms with Crippen molar-refractivity contribution in [3.63, 3.8) is 0 Å². The van der Waals surface area contributed by atoms with Crippen molar-refractivity contribution in [1.82, 2.24) is 39.9 Å². The minimum atomic E-state index is -2.82. The second-order valence-electron chi connectivity index (χ2n) is 13.9. The summed E-state index contributed by atoms with van der Waals surface area (Å²) in [5.41, 5.74) is 1.97. The van der Waals surface area contributed by atoms with Crippen molar-refractivity contribution in [3.8, 4) is 23.3 Å². The van der Waals surface area contributed by atoms with Crippen LogP contribution in [-0.2, 0) is 7.05 Å². The molecule has 1 aromatic carbocycles. The Labute approximate surface area is 274 Å². The fourth-order valence-electron chi connectivity index (χ4n) is 9.04. The van der Waals surface area contributed by atoms with E-state index in [0.29, 0.717) is 65.0 Å². The van der Waals surface area contributed by atoms with Crippen LogP contribution in [0.2, 0.25) is 0 Å². The Kier molecular flexibility index (Phi) is 6.65. The molecule has 14 heteroatoms. The Morgan fingerprint density at radius 3 is 2.75 bits per heavy atom. The van der Waals surface area contributed by atoms with E-state index in [4.69, 9.17) is 19.7 Å². The standard InChI is InChI=1S/C34H35F3N10O/c1-17-10-22-26(23(12-38)44-43-22)27(24(17)30(36)37)28-29-21(6-8-39-28)25-31(45(29)2)41-33(42-32(25)46-14-19-4-5-20(15-46)40-19)48-16-34-7-3-9-47(34)13-18(35)11-34/h6,8,10,18-20,30,40H,3-5,7,9,11,13-16H2,1-2H3,(H,43,44)/t18-,19-,20+,34+/m1/s1. The molecule has 8 heterocycles. The number of aromatic nitrogens is 6. The number of anilines is 1. The van der Waals surface area contributed by atoms with Crippen LogP contribution >= 0.6 is 0 Å². The smallest absolute Gasteiger partial charge is 0.320 e. The number of hydrogen-bond acceptors (Lipinski definition) is 9. The topological polar surface area (TPSA) is 124 Å². The van der Waals surface area contributed by atoms with Crippen LogP contribution in [-0.4, -0.2) is 91.2 Å². The highest BCUT2D eigenvalue weighted by atomic mass is 19.3. The maximum Gasteiger partial charge on any atom is 0.320 e. The molecule has 9 rings (SSSR count). The molecule has 248 valence electrons. The zero-order chi connectivity index (χ0) is 32.9. The third-order valence-corrected chi connectivity index (χ3v) is 11.1. The van der Waals surface area contributed by atoms with E-state index in [1.54, 1.807) is 19.2 Å². The van der Waals surface area contributed by atoms with Gasteiger partial charge < -0.3 is 19.5 Å². The molecule has 0 spiro atoms. The van der Waals surface area contributed by atoms with Gasteiger partial charge in [0, 0.05) is 73.3 Å². The monoisotopic (exact) mass is 656 g/mol. The molecule has 4 aromatic heterocycles. The summed E-state index contributed by atoms with van der Waals surface area (Å²) < 4.78 is 52.6. The van der Waals surface area contributed by atoms with E-state index in [2.05, 4.69) is 31.4 Å². The van der Waals surface area contributed by atoms with Gasteiger partial charge in [0.2, 0.25) is 0 Å². The number of rotatable bonds is 6. The van der Waals surface area contributed by atoms with Crippen LogP contribution < -0.4 is 15.0 Å². The molecule has 2 bridgehead atoms. The van der Waals surface area contributed by atoms with Crippen LogP contribution in [0, 0.1) is 18.3 Å². The number of benzene rings is 1. The van der Waals surface area contributed by atoms with Crippen molar-refractivity contribution >= 4 is 38.7 Å². The van der Waals surface area contributed by atoms with Crippen LogP contribution in [0.15, 0.2) is 18.3 Å². The predicted molar refractivity (Wildman–Crippen MR) is 174 cm³/mol. The fraction of sp³-hybridized carbons (Fsp3) is 0.500. The Balaban J connectivity index is 1.27. The number of H-pyrrole nitrogens is 1. The average Bonchev–Trinajstić information content (AvgIpc) is 3.87. The molecule has 0 amide bonds. The third-order valence-electron chi connectivity index (χ3n) is 11.1. The van der Waals surface area contributed by atoms with Crippen molar-refractivity contribution < 1.29 is 17.9 Å². The summed E-state index contributed by atoms with van der Waals surface area (Å²) in [5.74, 6) is 0.719. The number of nitrogens with zero attached hydrogens (tertiary/aromatic N) is 8. The lowest BCUT2D eigenvalue weighted by molar-refractivity contribution is 0.107. The van der Waals surface area contributed by atoms with E-state index >= 15 is 0 Å². The molecule has 0 unspecified atom stereocenters. The molecule has 0 saturated carbocycles. The summed E-state index contributed by atoms with van der Waals surface area (Å²) in [6.07, 6.45) is 2.37. The molecular formula is C34H35F3N10O. The van der Waals surface area contributed by atoms with Gasteiger partial charge in [0.05, 0.1) is 27.7 Å². The van der Waals surface area contributed by atoms with Crippen LogP contribution in [0.5, 0.6) is 6.01 Å². The van der Waals surface area contributed by atoms with Gasteiger partial charge in [-0.2, -0.15) is 20.3 Å². The number of nitriles is 1. The third kappa shape index (κ3) is 4.33. The van der Waals surface area contributed by atoms with Gasteiger partial charge in [0.25, 0.3) is 6.43 Å². The van der Waals surface area contributed by atoms with E-state index in [-0.39, 0.29) is 28.4 Å². The summed E-state index contributed by atoms with van der Waals surface area (Å²) in [5, 5.41) is 22.4. The molecule has 48 heavy (non-hydrogen) atoms. The highest BCUT2D eigenvalue weighted by molar-refractivity contribution is 6.17. The van der Waals surface area contributed by atoms with Crippen LogP contribution in [0.4, 0.5) is 19.0 Å². The Bertz CT molecular complexity index is 2140. The molecule has 2 N–H and O–H groups in total. The minimum absolute atomic E-state index is 0.0229. The van der Waals surface area contributed by atoms with Crippen LogP contribution in [0.25, 0.3) is 44.1 Å². The van der Waals surface area contributed by atoms with Gasteiger partial charge in [-0.25, -0.2) is 13.2 Å². The molecule has 0 aliphatic carbocycles. The molecule has 4 saturated heterocycles. The number of aryl methyl sites for hydroxylation is 2. The first-order valence-electron chi connectivity index (χ1n) is 16.6. The zero-order valence-corrected chi connectivity index (χ0v) is 26.7. The van der Waals surface area contributed by atoms with Crippen molar-refractivity contribution in [3.05, 3.63) is 35.2 Å². The van der Waals surface area contributed by atoms with Gasteiger partial charge in [-0.05, 0) is 56.8 Å². The number of piperazine rings is 1. The van der Waals surface area contributed by atoms with Crippen molar-refractivity contribution in [2.24, 2.45) is 7.05 Å². The van der Waals surface area contributed by atoms with Gasteiger partial charge in [0.15, 0.2) is 5.69 Å². The number of fused-ring (bicyclic) bond motifs is 7. The number of halogens is 3. The van der Waals surface area contributed by atoms with Gasteiger partial charge in [-0.1, -0.05) is 0 Å². The lowest BCUT2D eigenvalue weighted by Gasteiger charge is -2.34. The summed E-state index contributed by atoms with van der Waals surface area (Å²) in [6, 6.07) is 6.40. The maximum absolute atomic E-state index is 14.9. The predicted octanol–water partition coefficient (Wildman–Crippen LogP) is 5.07. The normalized spacial score (nSPS) is 25.6. The number of aromatic amines is 1. The van der Waals surface area contributed by atoms with Crippen molar-refractivity contribution in [2.75, 3.05) is 37.7 Å². The maximum atomic E-state index is 14.9. The lowest BCUT2D eigenvalue weighted by Crippen LogP contribution is -2.51. The first-order chi connectivity index (χ1) is 23.2. The lowest BCUT2D eigenvalue weighted by atomic mass is 9.93. The number of hydrogen-bond donors (Lipinski definition) is 2. The second-order valence-corrected chi connectivity index (χ2v) is 13.9. The Hall–Kier alpha value is -4.48. The van der Waals surface area contributed by atoms with Gasteiger partial charge >= 0.3 is 6.01 Å². The molecule has 4 aliphatic heterocycles. The van der Waals surface area contributed by atoms with Crippen LogP contribution in [0.3, 0.4) is 0 Å². The molecule has 4 fully saturated rings. The Morgan fingerprint density at radius 2 is 1.98 bits per heavy atom. The zero-order valence-electron chi connectivity index (χ0n) is 26.7. The summed E-state index contributed by atoms with van der Waals surface area (Å²) in [7, 11) is 1.84. The van der Waals surface area contributed by atoms with E-state index in [1.807, 2.05) is 17.7 Å². The van der Waals surface area contributed by atoms with E-state index in [0.717, 1.165) is 61.9 Å². The van der Waals surface area contributed by atoms with E-state index in [1.165, 1.54) is 0 Å². The summed E-state index contributed by atoms with van der Waals surface area (Å²) in [4.78, 5) is 19.2. The number of pyridine rings is 1. The number of nitrogens with one attached hydrogen (secondary N) is 2.